The number of hydrogen-bond acceptors (Lipinski definition) is 3. The topological polar surface area (TPSA) is 29.5 Å². The molecule has 0 spiro atoms. The van der Waals surface area contributed by atoms with Crippen molar-refractivity contribution in [2.75, 3.05) is 4.90 Å². The van der Waals surface area contributed by atoms with Crippen LogP contribution in [0.4, 0.5) is 17.1 Å². The summed E-state index contributed by atoms with van der Waals surface area (Å²) in [6.45, 7) is 18.5. The highest BCUT2D eigenvalue weighted by molar-refractivity contribution is 6.17. The number of hydrogen-bond donors (Lipinski definition) is 0. The number of anilines is 3. The third-order valence-electron chi connectivity index (χ3n) is 12.1. The van der Waals surface area contributed by atoms with Gasteiger partial charge >= 0.3 is 0 Å². The zero-order valence-corrected chi connectivity index (χ0v) is 33.5. The predicted octanol–water partition coefficient (Wildman–Crippen LogP) is 15.5. The Labute approximate surface area is 329 Å². The molecule has 0 bridgehead atoms. The molecule has 2 heterocycles. The third-order valence-corrected chi connectivity index (χ3v) is 12.1. The molecule has 7 aromatic carbocycles. The van der Waals surface area contributed by atoms with E-state index >= 15 is 0 Å². The summed E-state index contributed by atoms with van der Waals surface area (Å²) in [5.74, 6) is 0. The second-order valence-electron chi connectivity index (χ2n) is 18.2. The maximum Gasteiger partial charge on any atom is 0.159 e. The van der Waals surface area contributed by atoms with Crippen molar-refractivity contribution in [3.05, 3.63) is 162 Å². The lowest BCUT2D eigenvalue weighted by atomic mass is 9.79. The highest BCUT2D eigenvalue weighted by atomic mass is 16.3. The first kappa shape index (κ1) is 34.4. The molecule has 10 rings (SSSR count). The summed E-state index contributed by atoms with van der Waals surface area (Å²) in [6.07, 6.45) is 0. The SMILES string of the molecule is CC(C)(C)c1cc(C(C)(C)C)c2c(c1)oc1c(N(c3ccc4c(c3)C(C)(C)c3ccccc3-4)c3cccc4oc5ccc(-c6ccccc6)cc5c34)cccc12. The van der Waals surface area contributed by atoms with E-state index in [1.54, 1.807) is 0 Å². The summed E-state index contributed by atoms with van der Waals surface area (Å²) in [4.78, 5) is 2.41. The molecule has 0 fully saturated rings. The number of fused-ring (bicyclic) bond motifs is 9. The zero-order chi connectivity index (χ0) is 38.7. The molecular weight excluding hydrogens is 683 g/mol. The van der Waals surface area contributed by atoms with Crippen LogP contribution in [0.5, 0.6) is 0 Å². The molecule has 0 saturated carbocycles. The van der Waals surface area contributed by atoms with Crippen molar-refractivity contribution in [3.63, 3.8) is 0 Å². The van der Waals surface area contributed by atoms with Crippen LogP contribution in [0.15, 0.2) is 148 Å². The molecule has 0 unspecified atom stereocenters. The maximum absolute atomic E-state index is 7.16. The summed E-state index contributed by atoms with van der Waals surface area (Å²) in [6, 6.07) is 50.8. The average molecular weight is 730 g/mol. The summed E-state index contributed by atoms with van der Waals surface area (Å²) in [5.41, 5.74) is 16.5. The lowest BCUT2D eigenvalue weighted by molar-refractivity contribution is 0.569. The molecule has 3 nitrogen and oxygen atoms in total. The lowest BCUT2D eigenvalue weighted by Crippen LogP contribution is -2.16. The molecule has 3 heteroatoms. The average Bonchev–Trinajstić information content (AvgIpc) is 3.82. The first-order valence-electron chi connectivity index (χ1n) is 19.8. The van der Waals surface area contributed by atoms with Gasteiger partial charge in [0.05, 0.1) is 16.8 Å². The van der Waals surface area contributed by atoms with Gasteiger partial charge in [0.1, 0.15) is 16.7 Å². The summed E-state index contributed by atoms with van der Waals surface area (Å²) >= 11 is 0. The molecule has 9 aromatic rings. The van der Waals surface area contributed by atoms with Crippen molar-refractivity contribution < 1.29 is 8.83 Å². The molecule has 0 amide bonds. The first-order valence-corrected chi connectivity index (χ1v) is 19.8. The van der Waals surface area contributed by atoms with E-state index in [2.05, 4.69) is 200 Å². The van der Waals surface area contributed by atoms with Gasteiger partial charge < -0.3 is 13.7 Å². The fourth-order valence-electron chi connectivity index (χ4n) is 9.16. The fraction of sp³-hybridized carbons (Fsp3) is 0.208. The highest BCUT2D eigenvalue weighted by Crippen LogP contribution is 2.53. The molecular formula is C53H47NO2. The molecule has 2 aromatic heterocycles. The van der Waals surface area contributed by atoms with E-state index in [0.717, 1.165) is 61.1 Å². The number of furan rings is 2. The van der Waals surface area contributed by atoms with Gasteiger partial charge in [0.2, 0.25) is 0 Å². The Morgan fingerprint density at radius 1 is 0.482 bits per heavy atom. The minimum atomic E-state index is -0.164. The molecule has 0 N–H and O–H groups in total. The maximum atomic E-state index is 7.16. The van der Waals surface area contributed by atoms with Crippen molar-refractivity contribution in [2.45, 2.75) is 71.6 Å². The molecule has 1 aliphatic carbocycles. The van der Waals surface area contributed by atoms with Crippen LogP contribution >= 0.6 is 0 Å². The normalized spacial score (nSPS) is 13.9. The Bertz CT molecular complexity index is 3020. The smallest absolute Gasteiger partial charge is 0.159 e. The number of rotatable bonds is 4. The summed E-state index contributed by atoms with van der Waals surface area (Å²) in [5, 5.41) is 4.46. The van der Waals surface area contributed by atoms with Gasteiger partial charge in [-0.15, -0.1) is 0 Å². The van der Waals surface area contributed by atoms with Crippen molar-refractivity contribution >= 4 is 60.9 Å². The van der Waals surface area contributed by atoms with E-state index in [1.807, 2.05) is 0 Å². The highest BCUT2D eigenvalue weighted by Gasteiger charge is 2.36. The van der Waals surface area contributed by atoms with Crippen LogP contribution in [-0.2, 0) is 16.2 Å². The lowest BCUT2D eigenvalue weighted by Gasteiger charge is -2.28. The molecule has 1 aliphatic rings. The largest absolute Gasteiger partial charge is 0.456 e. The Kier molecular flexibility index (Phi) is 7.36. The standard InChI is InChI=1S/C53H47NO2/c1-51(2,3)34-29-42(52(4,5)6)48-38-19-14-22-44(50(38)56-47(48)30-34)54(35-25-26-37-36-18-12-13-20-40(36)53(7,8)41(37)31-35)43-21-15-23-46-49(43)39-28-33(24-27-45(39)55-46)32-16-10-9-11-17-32/h9-31H,1-8H3. The van der Waals surface area contributed by atoms with Crippen molar-refractivity contribution in [2.24, 2.45) is 0 Å². The molecule has 56 heavy (non-hydrogen) atoms. The molecule has 0 atom stereocenters. The van der Waals surface area contributed by atoms with Gasteiger partial charge in [0, 0.05) is 27.3 Å². The van der Waals surface area contributed by atoms with E-state index in [4.69, 9.17) is 8.83 Å². The zero-order valence-electron chi connectivity index (χ0n) is 33.5. The van der Waals surface area contributed by atoms with Crippen molar-refractivity contribution in [3.8, 4) is 22.3 Å². The molecule has 0 aliphatic heterocycles. The van der Waals surface area contributed by atoms with Gasteiger partial charge in [-0.1, -0.05) is 146 Å². The van der Waals surface area contributed by atoms with Crippen LogP contribution in [0.3, 0.4) is 0 Å². The first-order chi connectivity index (χ1) is 26.8. The predicted molar refractivity (Wildman–Crippen MR) is 236 cm³/mol. The summed E-state index contributed by atoms with van der Waals surface area (Å²) in [7, 11) is 0. The van der Waals surface area contributed by atoms with Crippen LogP contribution in [0.2, 0.25) is 0 Å². The molecule has 0 saturated heterocycles. The Morgan fingerprint density at radius 2 is 1.21 bits per heavy atom. The second-order valence-corrected chi connectivity index (χ2v) is 18.2. The minimum absolute atomic E-state index is 0.0343. The van der Waals surface area contributed by atoms with Gasteiger partial charge in [-0.25, -0.2) is 0 Å². The van der Waals surface area contributed by atoms with Crippen molar-refractivity contribution in [1.29, 1.82) is 0 Å². The van der Waals surface area contributed by atoms with Crippen LogP contribution in [0, 0.1) is 0 Å². The van der Waals surface area contributed by atoms with E-state index in [-0.39, 0.29) is 16.2 Å². The van der Waals surface area contributed by atoms with Crippen LogP contribution in [-0.4, -0.2) is 0 Å². The van der Waals surface area contributed by atoms with Crippen LogP contribution in [0.1, 0.15) is 77.6 Å². The van der Waals surface area contributed by atoms with Gasteiger partial charge in [0.25, 0.3) is 0 Å². The van der Waals surface area contributed by atoms with Crippen LogP contribution < -0.4 is 4.90 Å². The second kappa shape index (κ2) is 12.0. The number of benzene rings is 7. The van der Waals surface area contributed by atoms with Gasteiger partial charge in [-0.2, -0.15) is 0 Å². The monoisotopic (exact) mass is 729 g/mol. The number of nitrogens with zero attached hydrogens (tertiary/aromatic N) is 1. The van der Waals surface area contributed by atoms with Gasteiger partial charge in [-0.05, 0) is 104 Å². The summed E-state index contributed by atoms with van der Waals surface area (Å²) < 4.78 is 13.8. The van der Waals surface area contributed by atoms with Gasteiger partial charge in [0.15, 0.2) is 5.58 Å². The number of para-hydroxylation sites is 1. The third kappa shape index (κ3) is 5.17. The van der Waals surface area contributed by atoms with Gasteiger partial charge in [-0.3, -0.25) is 0 Å². The molecule has 0 radical (unpaired) electrons. The fourth-order valence-corrected chi connectivity index (χ4v) is 9.16. The Balaban J connectivity index is 1.29. The van der Waals surface area contributed by atoms with E-state index in [9.17, 15) is 0 Å². The quantitative estimate of drug-likeness (QED) is 0.181. The Hall–Kier alpha value is -6.06. The molecule has 276 valence electrons. The minimum Gasteiger partial charge on any atom is -0.456 e. The van der Waals surface area contributed by atoms with Crippen LogP contribution in [0.25, 0.3) is 66.1 Å². The van der Waals surface area contributed by atoms with E-state index in [0.29, 0.717) is 0 Å². The van der Waals surface area contributed by atoms with Crippen molar-refractivity contribution in [1.82, 2.24) is 0 Å². The van der Waals surface area contributed by atoms with E-state index in [1.165, 1.54) is 44.3 Å². The Morgan fingerprint density at radius 3 is 2.00 bits per heavy atom. The van der Waals surface area contributed by atoms with E-state index < -0.39 is 0 Å².